The number of allylic oxidation sites excluding steroid dienone is 1. The number of hydrogen-bond acceptors (Lipinski definition) is 0. The van der Waals surface area contributed by atoms with Gasteiger partial charge in [-0.2, -0.15) is 0 Å². The molecule has 1 fully saturated rings. The Morgan fingerprint density at radius 2 is 2.00 bits per heavy atom. The summed E-state index contributed by atoms with van der Waals surface area (Å²) in [6, 6.07) is 0. The molecule has 0 amide bonds. The van der Waals surface area contributed by atoms with Crippen molar-refractivity contribution in [3.05, 3.63) is 12.7 Å². The normalized spacial score (nSPS) is 39.4. The molecule has 2 atom stereocenters. The van der Waals surface area contributed by atoms with Crippen LogP contribution in [0.5, 0.6) is 0 Å². The maximum absolute atomic E-state index is 6.06. The third-order valence-corrected chi connectivity index (χ3v) is 6.95. The fraction of sp³-hybridized carbons (Fsp3) is 0.750. The van der Waals surface area contributed by atoms with Crippen LogP contribution in [0.2, 0.25) is 24.7 Å². The largest absolute Gasteiger partial charge is 0.122 e. The van der Waals surface area contributed by atoms with E-state index in [0.717, 1.165) is 6.42 Å². The highest BCUT2D eigenvalue weighted by Gasteiger charge is 2.58. The highest BCUT2D eigenvalue weighted by molar-refractivity contribution is 6.81. The van der Waals surface area contributed by atoms with Gasteiger partial charge in [-0.05, 0) is 6.42 Å². The lowest BCUT2D eigenvalue weighted by atomic mass is 10.4. The van der Waals surface area contributed by atoms with E-state index in [9.17, 15) is 0 Å². The van der Waals surface area contributed by atoms with Gasteiger partial charge in [0.2, 0.25) is 0 Å². The highest BCUT2D eigenvalue weighted by Crippen LogP contribution is 2.64. The van der Waals surface area contributed by atoms with Gasteiger partial charge in [-0.3, -0.25) is 0 Å². The summed E-state index contributed by atoms with van der Waals surface area (Å²) in [6.45, 7) is 10.9. The van der Waals surface area contributed by atoms with Crippen LogP contribution >= 0.6 is 11.6 Å². The molecule has 0 aromatic carbocycles. The zero-order valence-corrected chi connectivity index (χ0v) is 8.70. The van der Waals surface area contributed by atoms with Gasteiger partial charge < -0.3 is 0 Å². The van der Waals surface area contributed by atoms with E-state index in [1.165, 1.54) is 0 Å². The van der Waals surface area contributed by atoms with Gasteiger partial charge in [0.25, 0.3) is 0 Å². The summed E-state index contributed by atoms with van der Waals surface area (Å²) < 4.78 is 0. The van der Waals surface area contributed by atoms with Gasteiger partial charge in [0.05, 0.1) is 8.07 Å². The fourth-order valence-corrected chi connectivity index (χ4v) is 5.36. The average Bonchev–Trinajstić information content (AvgIpc) is 2.40. The molecule has 1 aliphatic carbocycles. The molecule has 0 nitrogen and oxygen atoms in total. The summed E-state index contributed by atoms with van der Waals surface area (Å²) in [5, 5.41) is 0.742. The zero-order chi connectivity index (χ0) is 7.99. The molecular formula is C8H15ClSi. The quantitative estimate of drug-likeness (QED) is 0.343. The molecule has 1 aliphatic rings. The molecule has 0 N–H and O–H groups in total. The first-order valence-corrected chi connectivity index (χ1v) is 7.65. The second-order valence-corrected chi connectivity index (χ2v) is 10.1. The Morgan fingerprint density at radius 3 is 2.00 bits per heavy atom. The molecule has 0 aromatic heterocycles. The third-order valence-electron chi connectivity index (χ3n) is 2.68. The van der Waals surface area contributed by atoms with E-state index >= 15 is 0 Å². The predicted molar refractivity (Wildman–Crippen MR) is 50.5 cm³/mol. The van der Waals surface area contributed by atoms with E-state index in [-0.39, 0.29) is 0 Å². The minimum atomic E-state index is -1.09. The van der Waals surface area contributed by atoms with Crippen molar-refractivity contribution in [3.8, 4) is 0 Å². The van der Waals surface area contributed by atoms with Crippen molar-refractivity contribution in [3.63, 3.8) is 0 Å². The van der Waals surface area contributed by atoms with Crippen molar-refractivity contribution in [2.45, 2.75) is 36.5 Å². The lowest BCUT2D eigenvalue weighted by molar-refractivity contribution is 1.07. The van der Waals surface area contributed by atoms with E-state index in [1.807, 2.05) is 0 Å². The molecule has 10 heavy (non-hydrogen) atoms. The lowest BCUT2D eigenvalue weighted by Gasteiger charge is -2.25. The van der Waals surface area contributed by atoms with E-state index in [1.54, 1.807) is 0 Å². The first-order valence-electron chi connectivity index (χ1n) is 3.72. The summed E-state index contributed by atoms with van der Waals surface area (Å²) in [5.74, 6) is 0. The van der Waals surface area contributed by atoms with Crippen LogP contribution < -0.4 is 0 Å². The first-order chi connectivity index (χ1) is 4.44. The second kappa shape index (κ2) is 2.11. The minimum absolute atomic E-state index is 0.356. The predicted octanol–water partition coefficient (Wildman–Crippen LogP) is 3.26. The monoisotopic (exact) mass is 174 g/mol. The van der Waals surface area contributed by atoms with Gasteiger partial charge in [0.1, 0.15) is 0 Å². The number of rotatable bonds is 2. The van der Waals surface area contributed by atoms with Crippen LogP contribution in [-0.4, -0.2) is 13.5 Å². The van der Waals surface area contributed by atoms with Crippen molar-refractivity contribution in [1.29, 1.82) is 0 Å². The van der Waals surface area contributed by atoms with Crippen molar-refractivity contribution in [1.82, 2.24) is 0 Å². The second-order valence-electron chi connectivity index (χ2n) is 4.17. The molecule has 0 aromatic rings. The Hall–Kier alpha value is 0.247. The highest BCUT2D eigenvalue weighted by atomic mass is 35.5. The molecule has 1 rings (SSSR count). The Bertz CT molecular complexity index is 159. The summed E-state index contributed by atoms with van der Waals surface area (Å²) >= 11 is 6.06. The molecule has 0 aliphatic heterocycles. The summed E-state index contributed by atoms with van der Waals surface area (Å²) in [4.78, 5) is 0. The number of hydrogen-bond donors (Lipinski definition) is 0. The molecule has 0 heterocycles. The molecule has 2 unspecified atom stereocenters. The van der Waals surface area contributed by atoms with Crippen LogP contribution in [0.25, 0.3) is 0 Å². The van der Waals surface area contributed by atoms with Crippen LogP contribution in [0, 0.1) is 0 Å². The SMILES string of the molecule is C=CC1([Si](C)(C)C)CC1Cl. The Balaban J connectivity index is 2.79. The minimum Gasteiger partial charge on any atom is -0.122 e. The summed E-state index contributed by atoms with van der Waals surface area (Å²) in [6.07, 6.45) is 3.24. The molecule has 0 saturated heterocycles. The standard InChI is InChI=1S/C8H15ClSi/c1-5-8(6-7(8)9)10(2,3)4/h5,7H,1,6H2,2-4H3. The maximum atomic E-state index is 6.06. The average molecular weight is 175 g/mol. The van der Waals surface area contributed by atoms with E-state index in [0.29, 0.717) is 10.4 Å². The van der Waals surface area contributed by atoms with Gasteiger partial charge in [0, 0.05) is 10.4 Å². The van der Waals surface area contributed by atoms with Gasteiger partial charge in [-0.25, -0.2) is 0 Å². The van der Waals surface area contributed by atoms with E-state index < -0.39 is 8.07 Å². The molecule has 1 saturated carbocycles. The zero-order valence-electron chi connectivity index (χ0n) is 6.95. The van der Waals surface area contributed by atoms with Crippen molar-refractivity contribution in [2.75, 3.05) is 0 Å². The number of halogens is 1. The van der Waals surface area contributed by atoms with Crippen molar-refractivity contribution >= 4 is 19.7 Å². The molecule has 58 valence electrons. The number of alkyl halides is 1. The first kappa shape index (κ1) is 8.34. The van der Waals surface area contributed by atoms with Gasteiger partial charge in [0.15, 0.2) is 0 Å². The van der Waals surface area contributed by atoms with Crippen LogP contribution in [0.4, 0.5) is 0 Å². The van der Waals surface area contributed by atoms with Crippen LogP contribution in [-0.2, 0) is 0 Å². The van der Waals surface area contributed by atoms with Crippen molar-refractivity contribution < 1.29 is 0 Å². The molecular weight excluding hydrogens is 160 g/mol. The third kappa shape index (κ3) is 0.959. The van der Waals surface area contributed by atoms with Crippen LogP contribution in [0.3, 0.4) is 0 Å². The van der Waals surface area contributed by atoms with Gasteiger partial charge in [-0.1, -0.05) is 25.7 Å². The van der Waals surface area contributed by atoms with Gasteiger partial charge in [-0.15, -0.1) is 18.2 Å². The Kier molecular flexibility index (Phi) is 1.76. The Labute approximate surface area is 69.3 Å². The van der Waals surface area contributed by atoms with Gasteiger partial charge >= 0.3 is 0 Å². The van der Waals surface area contributed by atoms with E-state index in [2.05, 4.69) is 32.3 Å². The maximum Gasteiger partial charge on any atom is 0.0568 e. The molecule has 0 bridgehead atoms. The topological polar surface area (TPSA) is 0 Å². The smallest absolute Gasteiger partial charge is 0.0568 e. The fourth-order valence-electron chi connectivity index (χ4n) is 1.53. The summed E-state index contributed by atoms with van der Waals surface area (Å²) in [7, 11) is -1.09. The van der Waals surface area contributed by atoms with Crippen LogP contribution in [0.15, 0.2) is 12.7 Å². The molecule has 2 heteroatoms. The molecule has 0 radical (unpaired) electrons. The van der Waals surface area contributed by atoms with E-state index in [4.69, 9.17) is 11.6 Å². The lowest BCUT2D eigenvalue weighted by Crippen LogP contribution is -2.29. The molecule has 0 spiro atoms. The summed E-state index contributed by atoms with van der Waals surface area (Å²) in [5.41, 5.74) is 0. The van der Waals surface area contributed by atoms with Crippen LogP contribution in [0.1, 0.15) is 6.42 Å². The Morgan fingerprint density at radius 1 is 1.60 bits per heavy atom. The van der Waals surface area contributed by atoms with Crippen molar-refractivity contribution in [2.24, 2.45) is 0 Å².